The number of furan rings is 1. The van der Waals surface area contributed by atoms with Crippen molar-refractivity contribution in [3.63, 3.8) is 0 Å². The topological polar surface area (TPSA) is 82.4 Å². The lowest BCUT2D eigenvalue weighted by molar-refractivity contribution is 0.0714. The number of hydrogen-bond acceptors (Lipinski definition) is 5. The van der Waals surface area contributed by atoms with Gasteiger partial charge in [0.25, 0.3) is 11.5 Å². The van der Waals surface area contributed by atoms with Crippen molar-refractivity contribution in [1.29, 1.82) is 0 Å². The highest BCUT2D eigenvalue weighted by Crippen LogP contribution is 2.16. The first-order valence-corrected chi connectivity index (χ1v) is 9.74. The van der Waals surface area contributed by atoms with Gasteiger partial charge < -0.3 is 14.2 Å². The minimum atomic E-state index is -0.110. The molecular weight excluding hydrogens is 368 g/mol. The van der Waals surface area contributed by atoms with Crippen molar-refractivity contribution in [3.8, 4) is 0 Å². The summed E-state index contributed by atoms with van der Waals surface area (Å²) < 4.78 is 5.20. The number of rotatable bonds is 4. The van der Waals surface area contributed by atoms with E-state index >= 15 is 0 Å². The van der Waals surface area contributed by atoms with Crippen LogP contribution in [0.5, 0.6) is 0 Å². The molecule has 4 rings (SSSR count). The number of piperazine rings is 1. The number of nitrogens with zero attached hydrogens (tertiary/aromatic N) is 3. The van der Waals surface area contributed by atoms with Crippen LogP contribution in [0.1, 0.15) is 32.9 Å². The van der Waals surface area contributed by atoms with Gasteiger partial charge in [0, 0.05) is 38.2 Å². The molecule has 29 heavy (non-hydrogen) atoms. The van der Waals surface area contributed by atoms with Gasteiger partial charge >= 0.3 is 0 Å². The fourth-order valence-corrected chi connectivity index (χ4v) is 3.54. The first kappa shape index (κ1) is 19.0. The van der Waals surface area contributed by atoms with Crippen LogP contribution in [0.2, 0.25) is 0 Å². The van der Waals surface area contributed by atoms with Crippen LogP contribution in [-0.4, -0.2) is 47.0 Å². The van der Waals surface area contributed by atoms with Crippen LogP contribution in [-0.2, 0) is 6.42 Å². The summed E-state index contributed by atoms with van der Waals surface area (Å²) in [7, 11) is 0. The maximum atomic E-state index is 12.7. The molecule has 1 saturated heterocycles. The average molecular weight is 392 g/mol. The third-order valence-electron chi connectivity index (χ3n) is 5.31. The van der Waals surface area contributed by atoms with Gasteiger partial charge in [0.2, 0.25) is 5.95 Å². The molecule has 3 heterocycles. The predicted octanol–water partition coefficient (Wildman–Crippen LogP) is 2.53. The third-order valence-corrected chi connectivity index (χ3v) is 5.31. The van der Waals surface area contributed by atoms with Gasteiger partial charge in [-0.3, -0.25) is 14.6 Å². The fourth-order valence-electron chi connectivity index (χ4n) is 3.54. The van der Waals surface area contributed by atoms with E-state index in [1.807, 2.05) is 43.0 Å². The summed E-state index contributed by atoms with van der Waals surface area (Å²) in [6.07, 6.45) is 2.05. The molecule has 7 heteroatoms. The second kappa shape index (κ2) is 7.95. The Labute approximate surface area is 169 Å². The lowest BCUT2D eigenvalue weighted by Crippen LogP contribution is -2.49. The number of carbonyl (C=O) groups is 1. The molecule has 150 valence electrons. The minimum absolute atomic E-state index is 0.109. The fraction of sp³-hybridized carbons (Fsp3) is 0.318. The number of benzene rings is 1. The summed E-state index contributed by atoms with van der Waals surface area (Å²) in [5.74, 6) is 0.798. The molecule has 1 amide bonds. The highest BCUT2D eigenvalue weighted by Gasteiger charge is 2.25. The van der Waals surface area contributed by atoms with E-state index in [1.165, 1.54) is 11.8 Å². The molecule has 0 spiro atoms. The van der Waals surface area contributed by atoms with Gasteiger partial charge in [-0.2, -0.15) is 0 Å². The van der Waals surface area contributed by atoms with Gasteiger partial charge in [0.1, 0.15) is 0 Å². The number of carbonyl (C=O) groups excluding carboxylic acids is 1. The van der Waals surface area contributed by atoms with E-state index in [2.05, 4.69) is 9.97 Å². The Morgan fingerprint density at radius 3 is 2.45 bits per heavy atom. The van der Waals surface area contributed by atoms with Crippen LogP contribution >= 0.6 is 0 Å². The normalized spacial score (nSPS) is 14.3. The van der Waals surface area contributed by atoms with Gasteiger partial charge in [-0.15, -0.1) is 0 Å². The Morgan fingerprint density at radius 2 is 1.83 bits per heavy atom. The van der Waals surface area contributed by atoms with Gasteiger partial charge in [0.15, 0.2) is 5.76 Å². The lowest BCUT2D eigenvalue weighted by Gasteiger charge is -2.34. The number of anilines is 1. The number of aromatic amines is 1. The third kappa shape index (κ3) is 4.08. The zero-order valence-electron chi connectivity index (χ0n) is 16.6. The minimum Gasteiger partial charge on any atom is -0.459 e. The second-order valence-corrected chi connectivity index (χ2v) is 7.37. The molecule has 7 nitrogen and oxygen atoms in total. The Bertz CT molecular complexity index is 1050. The summed E-state index contributed by atoms with van der Waals surface area (Å²) in [4.78, 5) is 36.4. The van der Waals surface area contributed by atoms with Crippen molar-refractivity contribution in [1.82, 2.24) is 14.9 Å². The first-order valence-electron chi connectivity index (χ1n) is 9.74. The van der Waals surface area contributed by atoms with Crippen LogP contribution in [0.25, 0.3) is 0 Å². The number of aromatic nitrogens is 2. The van der Waals surface area contributed by atoms with Crippen LogP contribution in [0.15, 0.2) is 51.9 Å². The van der Waals surface area contributed by atoms with Crippen molar-refractivity contribution in [2.75, 3.05) is 31.1 Å². The number of aryl methyl sites for hydroxylation is 2. The monoisotopic (exact) mass is 392 g/mol. The van der Waals surface area contributed by atoms with Crippen molar-refractivity contribution in [2.24, 2.45) is 0 Å². The molecule has 0 saturated carbocycles. The zero-order chi connectivity index (χ0) is 20.4. The van der Waals surface area contributed by atoms with E-state index in [4.69, 9.17) is 4.42 Å². The SMILES string of the molecule is Cc1ccc(Cc2c(C)nc(N3CCN(C(=O)c4ccco4)CC3)[nH]c2=O)cc1. The van der Waals surface area contributed by atoms with Gasteiger partial charge in [-0.1, -0.05) is 29.8 Å². The Hall–Kier alpha value is -3.35. The Morgan fingerprint density at radius 1 is 1.10 bits per heavy atom. The van der Waals surface area contributed by atoms with E-state index in [0.717, 1.165) is 11.3 Å². The van der Waals surface area contributed by atoms with Crippen molar-refractivity contribution < 1.29 is 9.21 Å². The van der Waals surface area contributed by atoms with E-state index < -0.39 is 0 Å². The number of hydrogen-bond donors (Lipinski definition) is 1. The molecule has 0 radical (unpaired) electrons. The molecule has 0 bridgehead atoms. The van der Waals surface area contributed by atoms with E-state index in [9.17, 15) is 9.59 Å². The van der Waals surface area contributed by atoms with Crippen LogP contribution in [0, 0.1) is 13.8 Å². The molecule has 1 N–H and O–H groups in total. The molecule has 0 unspecified atom stereocenters. The summed E-state index contributed by atoms with van der Waals surface area (Å²) in [6.45, 7) is 6.22. The molecular formula is C22H24N4O3. The standard InChI is InChI=1S/C22H24N4O3/c1-15-5-7-17(8-6-15)14-18-16(2)23-22(24-20(18)27)26-11-9-25(10-12-26)21(28)19-4-3-13-29-19/h3-8,13H,9-12,14H2,1-2H3,(H,23,24,27). The first-order chi connectivity index (χ1) is 14.0. The molecule has 3 aromatic rings. The summed E-state index contributed by atoms with van der Waals surface area (Å²) in [6, 6.07) is 11.5. The molecule has 1 aromatic carbocycles. The molecule has 0 atom stereocenters. The summed E-state index contributed by atoms with van der Waals surface area (Å²) in [5.41, 5.74) is 3.59. The maximum absolute atomic E-state index is 12.7. The zero-order valence-corrected chi connectivity index (χ0v) is 16.6. The number of nitrogens with one attached hydrogen (secondary N) is 1. The molecule has 1 aliphatic heterocycles. The van der Waals surface area contributed by atoms with Crippen molar-refractivity contribution in [2.45, 2.75) is 20.3 Å². The van der Waals surface area contributed by atoms with Crippen LogP contribution < -0.4 is 10.5 Å². The van der Waals surface area contributed by atoms with Crippen LogP contribution in [0.3, 0.4) is 0 Å². The highest BCUT2D eigenvalue weighted by atomic mass is 16.3. The molecule has 1 fully saturated rings. The molecule has 0 aliphatic carbocycles. The van der Waals surface area contributed by atoms with Crippen LogP contribution in [0.4, 0.5) is 5.95 Å². The van der Waals surface area contributed by atoms with Gasteiger partial charge in [-0.25, -0.2) is 4.98 Å². The highest BCUT2D eigenvalue weighted by molar-refractivity contribution is 5.91. The Kier molecular flexibility index (Phi) is 5.20. The van der Waals surface area contributed by atoms with E-state index in [1.54, 1.807) is 17.0 Å². The van der Waals surface area contributed by atoms with Gasteiger partial charge in [0.05, 0.1) is 12.0 Å². The van der Waals surface area contributed by atoms with Crippen molar-refractivity contribution >= 4 is 11.9 Å². The smallest absolute Gasteiger partial charge is 0.289 e. The van der Waals surface area contributed by atoms with E-state index in [0.29, 0.717) is 49.9 Å². The molecule has 1 aliphatic rings. The summed E-state index contributed by atoms with van der Waals surface area (Å²) in [5, 5.41) is 0. The lowest BCUT2D eigenvalue weighted by atomic mass is 10.0. The van der Waals surface area contributed by atoms with Crippen molar-refractivity contribution in [3.05, 3.63) is 81.2 Å². The summed E-state index contributed by atoms with van der Waals surface area (Å²) >= 11 is 0. The largest absolute Gasteiger partial charge is 0.459 e. The second-order valence-electron chi connectivity index (χ2n) is 7.37. The maximum Gasteiger partial charge on any atom is 0.289 e. The molecule has 2 aromatic heterocycles. The number of H-pyrrole nitrogens is 1. The average Bonchev–Trinajstić information content (AvgIpc) is 3.26. The quantitative estimate of drug-likeness (QED) is 0.738. The predicted molar refractivity (Wildman–Crippen MR) is 110 cm³/mol. The van der Waals surface area contributed by atoms with E-state index in [-0.39, 0.29) is 11.5 Å². The Balaban J connectivity index is 1.45. The number of amides is 1. The van der Waals surface area contributed by atoms with Gasteiger partial charge in [-0.05, 0) is 31.5 Å².